The summed E-state index contributed by atoms with van der Waals surface area (Å²) in [5.74, 6) is -0.830. The van der Waals surface area contributed by atoms with Gasteiger partial charge in [0.15, 0.2) is 0 Å². The first-order chi connectivity index (χ1) is 4.57. The molecule has 0 rings (SSSR count). The van der Waals surface area contributed by atoms with Gasteiger partial charge in [-0.05, 0) is 12.3 Å². The van der Waals surface area contributed by atoms with Crippen LogP contribution in [0.15, 0.2) is 11.1 Å². The zero-order valence-electron chi connectivity index (χ0n) is 6.10. The first-order valence-corrected chi connectivity index (χ1v) is 3.55. The summed E-state index contributed by atoms with van der Waals surface area (Å²) in [6.45, 7) is 3.85. The van der Waals surface area contributed by atoms with Crippen molar-refractivity contribution in [2.24, 2.45) is 5.92 Å². The van der Waals surface area contributed by atoms with E-state index < -0.39 is 5.97 Å². The molecule has 1 unspecified atom stereocenters. The third kappa shape index (κ3) is 3.51. The Balaban J connectivity index is 4.04. The van der Waals surface area contributed by atoms with Gasteiger partial charge in [0, 0.05) is 11.1 Å². The highest BCUT2D eigenvalue weighted by Crippen LogP contribution is 2.17. The summed E-state index contributed by atoms with van der Waals surface area (Å²) in [7, 11) is 0. The fourth-order valence-corrected chi connectivity index (χ4v) is 0.703. The molecule has 0 aliphatic carbocycles. The third-order valence-corrected chi connectivity index (χ3v) is 1.83. The van der Waals surface area contributed by atoms with Crippen LogP contribution >= 0.6 is 11.6 Å². The number of carbonyl (C=O) groups is 1. The van der Waals surface area contributed by atoms with Gasteiger partial charge in [0.2, 0.25) is 0 Å². The zero-order valence-corrected chi connectivity index (χ0v) is 6.85. The molecule has 0 aromatic rings. The van der Waals surface area contributed by atoms with Gasteiger partial charge < -0.3 is 5.11 Å². The minimum absolute atomic E-state index is 0.151. The van der Waals surface area contributed by atoms with Crippen LogP contribution in [0, 0.1) is 5.92 Å². The molecule has 58 valence electrons. The maximum absolute atomic E-state index is 10.1. The lowest BCUT2D eigenvalue weighted by atomic mass is 10.1. The van der Waals surface area contributed by atoms with Crippen LogP contribution in [0.25, 0.3) is 0 Å². The average molecular weight is 163 g/mol. The van der Waals surface area contributed by atoms with Crippen LogP contribution in [0.2, 0.25) is 0 Å². The SMILES string of the molecule is CCC(C)/C(Cl)=C/C(=O)O. The highest BCUT2D eigenvalue weighted by atomic mass is 35.5. The van der Waals surface area contributed by atoms with Crippen LogP contribution in [0.1, 0.15) is 20.3 Å². The maximum atomic E-state index is 10.1. The van der Waals surface area contributed by atoms with Crippen molar-refractivity contribution in [1.82, 2.24) is 0 Å². The molecule has 3 heteroatoms. The van der Waals surface area contributed by atoms with Crippen molar-refractivity contribution in [3.05, 3.63) is 11.1 Å². The molecule has 1 N–H and O–H groups in total. The van der Waals surface area contributed by atoms with Crippen molar-refractivity contribution >= 4 is 17.6 Å². The van der Waals surface area contributed by atoms with Gasteiger partial charge in [-0.3, -0.25) is 0 Å². The Bertz CT molecular complexity index is 152. The van der Waals surface area contributed by atoms with E-state index in [1.54, 1.807) is 0 Å². The molecule has 0 aliphatic rings. The molecule has 0 saturated carbocycles. The Morgan fingerprint density at radius 2 is 2.30 bits per heavy atom. The lowest BCUT2D eigenvalue weighted by Crippen LogP contribution is -1.96. The molecule has 0 aromatic carbocycles. The van der Waals surface area contributed by atoms with E-state index >= 15 is 0 Å². The number of hydrogen-bond donors (Lipinski definition) is 1. The summed E-state index contributed by atoms with van der Waals surface area (Å²) in [6.07, 6.45) is 1.90. The van der Waals surface area contributed by atoms with Crippen molar-refractivity contribution in [3.8, 4) is 0 Å². The molecular weight excluding hydrogens is 152 g/mol. The summed E-state index contributed by atoms with van der Waals surface area (Å²) >= 11 is 5.61. The minimum atomic E-state index is -0.981. The van der Waals surface area contributed by atoms with E-state index in [0.717, 1.165) is 12.5 Å². The summed E-state index contributed by atoms with van der Waals surface area (Å²) < 4.78 is 0. The van der Waals surface area contributed by atoms with Gasteiger partial charge in [-0.15, -0.1) is 0 Å². The molecule has 0 amide bonds. The molecule has 0 bridgehead atoms. The predicted molar refractivity (Wildman–Crippen MR) is 41.0 cm³/mol. The van der Waals surface area contributed by atoms with Crippen molar-refractivity contribution in [3.63, 3.8) is 0 Å². The van der Waals surface area contributed by atoms with Crippen molar-refractivity contribution < 1.29 is 9.90 Å². The van der Waals surface area contributed by atoms with Gasteiger partial charge in [-0.2, -0.15) is 0 Å². The zero-order chi connectivity index (χ0) is 8.15. The second-order valence-corrected chi connectivity index (χ2v) is 2.61. The van der Waals surface area contributed by atoms with Crippen LogP contribution < -0.4 is 0 Å². The lowest BCUT2D eigenvalue weighted by Gasteiger charge is -2.03. The van der Waals surface area contributed by atoms with Gasteiger partial charge in [-0.25, -0.2) is 4.79 Å². The van der Waals surface area contributed by atoms with E-state index in [4.69, 9.17) is 16.7 Å². The standard InChI is InChI=1S/C7H11ClO2/c1-3-5(2)6(8)4-7(9)10/h4-5H,3H2,1-2H3,(H,9,10)/b6-4-. The second-order valence-electron chi connectivity index (χ2n) is 2.18. The van der Waals surface area contributed by atoms with E-state index in [0.29, 0.717) is 5.03 Å². The molecule has 0 saturated heterocycles. The van der Waals surface area contributed by atoms with Crippen LogP contribution in [0.4, 0.5) is 0 Å². The van der Waals surface area contributed by atoms with Gasteiger partial charge in [0.1, 0.15) is 0 Å². The molecule has 0 fully saturated rings. The molecule has 0 heterocycles. The number of rotatable bonds is 3. The molecule has 0 aliphatic heterocycles. The Labute approximate surface area is 65.5 Å². The lowest BCUT2D eigenvalue weighted by molar-refractivity contribution is -0.131. The number of aliphatic carboxylic acids is 1. The smallest absolute Gasteiger partial charge is 0.329 e. The maximum Gasteiger partial charge on any atom is 0.329 e. The fourth-order valence-electron chi connectivity index (χ4n) is 0.455. The Morgan fingerprint density at radius 1 is 1.80 bits per heavy atom. The van der Waals surface area contributed by atoms with Gasteiger partial charge in [-0.1, -0.05) is 25.4 Å². The fraction of sp³-hybridized carbons (Fsp3) is 0.571. The molecule has 0 aromatic heterocycles. The number of allylic oxidation sites excluding steroid dienone is 1. The van der Waals surface area contributed by atoms with Crippen molar-refractivity contribution in [1.29, 1.82) is 0 Å². The topological polar surface area (TPSA) is 37.3 Å². The van der Waals surface area contributed by atoms with Crippen LogP contribution in [0.3, 0.4) is 0 Å². The number of carboxylic acid groups (broad SMARTS) is 1. The van der Waals surface area contributed by atoms with E-state index in [1.165, 1.54) is 0 Å². The summed E-state index contributed by atoms with van der Waals surface area (Å²) in [6, 6.07) is 0. The van der Waals surface area contributed by atoms with Gasteiger partial charge in [0.05, 0.1) is 0 Å². The van der Waals surface area contributed by atoms with E-state index in [2.05, 4.69) is 0 Å². The summed E-state index contributed by atoms with van der Waals surface area (Å²) in [5, 5.41) is 8.68. The second kappa shape index (κ2) is 4.34. The number of hydrogen-bond acceptors (Lipinski definition) is 1. The van der Waals surface area contributed by atoms with Gasteiger partial charge in [0.25, 0.3) is 0 Å². The van der Waals surface area contributed by atoms with Crippen molar-refractivity contribution in [2.45, 2.75) is 20.3 Å². The highest BCUT2D eigenvalue weighted by molar-refractivity contribution is 6.31. The molecular formula is C7H11ClO2. The molecule has 0 radical (unpaired) electrons. The van der Waals surface area contributed by atoms with E-state index in [-0.39, 0.29) is 5.92 Å². The Morgan fingerprint density at radius 3 is 2.60 bits per heavy atom. The largest absolute Gasteiger partial charge is 0.478 e. The van der Waals surface area contributed by atoms with Crippen LogP contribution in [-0.2, 0) is 4.79 Å². The summed E-state index contributed by atoms with van der Waals surface area (Å²) in [5.41, 5.74) is 0. The number of carboxylic acids is 1. The molecule has 1 atom stereocenters. The quantitative estimate of drug-likeness (QED) is 0.647. The number of halogens is 1. The molecule has 0 spiro atoms. The third-order valence-electron chi connectivity index (χ3n) is 1.34. The molecule has 2 nitrogen and oxygen atoms in total. The van der Waals surface area contributed by atoms with E-state index in [9.17, 15) is 4.79 Å². The van der Waals surface area contributed by atoms with E-state index in [1.807, 2.05) is 13.8 Å². The Kier molecular flexibility index (Phi) is 4.12. The summed E-state index contributed by atoms with van der Waals surface area (Å²) in [4.78, 5) is 10.1. The van der Waals surface area contributed by atoms with Crippen LogP contribution in [0.5, 0.6) is 0 Å². The average Bonchev–Trinajstić information content (AvgIpc) is 1.85. The normalized spacial score (nSPS) is 14.9. The first kappa shape index (κ1) is 9.50. The minimum Gasteiger partial charge on any atom is -0.478 e. The highest BCUT2D eigenvalue weighted by Gasteiger charge is 2.04. The van der Waals surface area contributed by atoms with Gasteiger partial charge >= 0.3 is 5.97 Å². The first-order valence-electron chi connectivity index (χ1n) is 3.18. The molecule has 10 heavy (non-hydrogen) atoms. The van der Waals surface area contributed by atoms with Crippen LogP contribution in [-0.4, -0.2) is 11.1 Å². The predicted octanol–water partition coefficient (Wildman–Crippen LogP) is 2.24. The monoisotopic (exact) mass is 162 g/mol. The van der Waals surface area contributed by atoms with Crippen molar-refractivity contribution in [2.75, 3.05) is 0 Å². The Hall–Kier alpha value is -0.500.